The van der Waals surface area contributed by atoms with Crippen LogP contribution in [0.15, 0.2) is 23.1 Å². The summed E-state index contributed by atoms with van der Waals surface area (Å²) >= 11 is 0. The van der Waals surface area contributed by atoms with Gasteiger partial charge in [-0.2, -0.15) is 0 Å². The summed E-state index contributed by atoms with van der Waals surface area (Å²) < 4.78 is 27.0. The Balaban J connectivity index is 1.50. The van der Waals surface area contributed by atoms with Crippen molar-refractivity contribution in [3.63, 3.8) is 0 Å². The number of rotatable bonds is 6. The van der Waals surface area contributed by atoms with Gasteiger partial charge in [-0.3, -0.25) is 14.4 Å². The maximum atomic E-state index is 13.0. The van der Waals surface area contributed by atoms with E-state index < -0.39 is 10.0 Å². The van der Waals surface area contributed by atoms with Crippen LogP contribution in [-0.4, -0.2) is 81.1 Å². The number of hydrogen-bond acceptors (Lipinski definition) is 6. The highest BCUT2D eigenvalue weighted by Gasteiger charge is 2.30. The quantitative estimate of drug-likeness (QED) is 0.492. The standard InChI is InChI=1S/C26H31N5O5S/c1-27-37(35,36)16-6-8-20-18(14-16)19(26(34)29-20)15-22-17(25-21(28-22)4-3-5-23(25)32)7-9-24(33)31-12-10-30(2)11-13-31/h6,8,14-15,27-28H,3-5,7,9-13H2,1-2H3,(H,29,34)/b19-15-. The Morgan fingerprint density at radius 3 is 2.62 bits per heavy atom. The number of nitrogens with one attached hydrogen (secondary N) is 3. The summed E-state index contributed by atoms with van der Waals surface area (Å²) in [4.78, 5) is 46.2. The summed E-state index contributed by atoms with van der Waals surface area (Å²) in [5.41, 5.74) is 4.12. The minimum absolute atomic E-state index is 0.0443. The zero-order chi connectivity index (χ0) is 26.3. The number of carbonyl (C=O) groups is 3. The molecule has 11 heteroatoms. The van der Waals surface area contributed by atoms with Crippen LogP contribution in [0.4, 0.5) is 5.69 Å². The second-order valence-electron chi connectivity index (χ2n) is 9.76. The molecular weight excluding hydrogens is 494 g/mol. The Labute approximate surface area is 216 Å². The van der Waals surface area contributed by atoms with Gasteiger partial charge in [-0.05, 0) is 63.2 Å². The summed E-state index contributed by atoms with van der Waals surface area (Å²) in [6.45, 7) is 3.04. The van der Waals surface area contributed by atoms with Crippen LogP contribution in [0.2, 0.25) is 0 Å². The first-order valence-corrected chi connectivity index (χ1v) is 14.0. The average Bonchev–Trinajstić information content (AvgIpc) is 3.40. The minimum atomic E-state index is -3.70. The van der Waals surface area contributed by atoms with Crippen molar-refractivity contribution in [2.24, 2.45) is 0 Å². The van der Waals surface area contributed by atoms with Gasteiger partial charge in [0, 0.05) is 67.2 Å². The Hall–Kier alpha value is -3.28. The second-order valence-corrected chi connectivity index (χ2v) is 11.6. The molecule has 0 bridgehead atoms. The van der Waals surface area contributed by atoms with Crippen molar-refractivity contribution in [1.29, 1.82) is 0 Å². The maximum Gasteiger partial charge on any atom is 0.256 e. The van der Waals surface area contributed by atoms with Crippen LogP contribution in [0.25, 0.3) is 11.6 Å². The molecule has 3 N–H and O–H groups in total. The molecule has 0 unspecified atom stereocenters. The van der Waals surface area contributed by atoms with Crippen molar-refractivity contribution in [3.05, 3.63) is 46.3 Å². The average molecular weight is 526 g/mol. The first-order chi connectivity index (χ1) is 17.7. The van der Waals surface area contributed by atoms with Crippen LogP contribution in [0, 0.1) is 0 Å². The van der Waals surface area contributed by atoms with Crippen LogP contribution < -0.4 is 10.0 Å². The largest absolute Gasteiger partial charge is 0.358 e. The van der Waals surface area contributed by atoms with Gasteiger partial charge >= 0.3 is 0 Å². The monoisotopic (exact) mass is 525 g/mol. The van der Waals surface area contributed by atoms with E-state index in [1.165, 1.54) is 19.2 Å². The third-order valence-corrected chi connectivity index (χ3v) is 8.82. The molecule has 196 valence electrons. The van der Waals surface area contributed by atoms with E-state index in [9.17, 15) is 22.8 Å². The summed E-state index contributed by atoms with van der Waals surface area (Å²) in [6, 6.07) is 4.47. The Kier molecular flexibility index (Phi) is 6.78. The van der Waals surface area contributed by atoms with Crippen LogP contribution in [0.3, 0.4) is 0 Å². The van der Waals surface area contributed by atoms with Crippen molar-refractivity contribution in [3.8, 4) is 0 Å². The summed E-state index contributed by atoms with van der Waals surface area (Å²) in [7, 11) is -0.330. The third-order valence-electron chi connectivity index (χ3n) is 7.41. The molecule has 2 aromatic rings. The lowest BCUT2D eigenvalue weighted by Gasteiger charge is -2.32. The molecule has 2 amide bonds. The zero-order valence-corrected chi connectivity index (χ0v) is 21.8. The van der Waals surface area contributed by atoms with Gasteiger partial charge in [0.15, 0.2) is 5.78 Å². The summed E-state index contributed by atoms with van der Waals surface area (Å²) in [5, 5.41) is 2.78. The van der Waals surface area contributed by atoms with Gasteiger partial charge in [0.05, 0.1) is 10.5 Å². The number of H-pyrrole nitrogens is 1. The number of aromatic nitrogens is 1. The highest BCUT2D eigenvalue weighted by Crippen LogP contribution is 2.37. The number of anilines is 1. The van der Waals surface area contributed by atoms with Crippen LogP contribution in [-0.2, 0) is 32.5 Å². The van der Waals surface area contributed by atoms with Crippen molar-refractivity contribution in [2.45, 2.75) is 37.0 Å². The van der Waals surface area contributed by atoms with Gasteiger partial charge in [0.2, 0.25) is 15.9 Å². The molecule has 0 atom stereocenters. The lowest BCUT2D eigenvalue weighted by Crippen LogP contribution is -2.47. The topological polar surface area (TPSA) is 132 Å². The Bertz CT molecular complexity index is 1420. The van der Waals surface area contributed by atoms with Gasteiger partial charge in [0.1, 0.15) is 0 Å². The number of nitrogens with zero attached hydrogens (tertiary/aromatic N) is 2. The number of aryl methyl sites for hydroxylation is 1. The normalized spacial score (nSPS) is 19.2. The third kappa shape index (κ3) is 4.86. The van der Waals surface area contributed by atoms with E-state index in [0.717, 1.165) is 37.2 Å². The summed E-state index contributed by atoms with van der Waals surface area (Å²) in [5.74, 6) is -0.258. The van der Waals surface area contributed by atoms with E-state index in [2.05, 4.69) is 19.9 Å². The second kappa shape index (κ2) is 9.88. The Morgan fingerprint density at radius 2 is 1.89 bits per heavy atom. The minimum Gasteiger partial charge on any atom is -0.358 e. The molecule has 2 aliphatic heterocycles. The fourth-order valence-corrected chi connectivity index (χ4v) is 6.02. The number of likely N-dealkylation sites (N-methyl/N-ethyl adjacent to an activating group) is 1. The van der Waals surface area contributed by atoms with E-state index in [1.54, 1.807) is 12.1 Å². The summed E-state index contributed by atoms with van der Waals surface area (Å²) in [6.07, 6.45) is 4.25. The highest BCUT2D eigenvalue weighted by atomic mass is 32.2. The Morgan fingerprint density at radius 1 is 1.14 bits per heavy atom. The van der Waals surface area contributed by atoms with Crippen LogP contribution in [0.5, 0.6) is 0 Å². The molecular formula is C26H31N5O5S. The highest BCUT2D eigenvalue weighted by molar-refractivity contribution is 7.89. The number of fused-ring (bicyclic) bond motifs is 2. The molecule has 10 nitrogen and oxygen atoms in total. The lowest BCUT2D eigenvalue weighted by molar-refractivity contribution is -0.132. The number of ketones is 1. The molecule has 1 saturated heterocycles. The van der Waals surface area contributed by atoms with Gasteiger partial charge < -0.3 is 20.1 Å². The van der Waals surface area contributed by atoms with E-state index in [-0.39, 0.29) is 28.9 Å². The molecule has 0 saturated carbocycles. The molecule has 5 rings (SSSR count). The van der Waals surface area contributed by atoms with Gasteiger partial charge in [-0.1, -0.05) is 0 Å². The molecule has 1 aromatic heterocycles. The number of piperazine rings is 1. The number of benzene rings is 1. The fourth-order valence-electron chi connectivity index (χ4n) is 5.26. The molecule has 37 heavy (non-hydrogen) atoms. The van der Waals surface area contributed by atoms with Crippen molar-refractivity contribution >= 4 is 45.0 Å². The van der Waals surface area contributed by atoms with E-state index >= 15 is 0 Å². The van der Waals surface area contributed by atoms with Crippen molar-refractivity contribution < 1.29 is 22.8 Å². The lowest BCUT2D eigenvalue weighted by atomic mass is 9.91. The van der Waals surface area contributed by atoms with Crippen molar-refractivity contribution in [1.82, 2.24) is 19.5 Å². The van der Waals surface area contributed by atoms with Gasteiger partial charge in [0.25, 0.3) is 5.91 Å². The first kappa shape index (κ1) is 25.4. The number of amides is 2. The van der Waals surface area contributed by atoms with E-state index in [4.69, 9.17) is 0 Å². The molecule has 1 aliphatic carbocycles. The number of carbonyl (C=O) groups excluding carboxylic acids is 3. The number of Topliss-reactive ketones (excluding diaryl/α,β-unsaturated/α-hetero) is 1. The van der Waals surface area contributed by atoms with Gasteiger partial charge in [-0.15, -0.1) is 0 Å². The first-order valence-electron chi connectivity index (χ1n) is 12.5. The van der Waals surface area contributed by atoms with E-state index in [0.29, 0.717) is 54.0 Å². The molecule has 3 heterocycles. The number of hydrogen-bond donors (Lipinski definition) is 3. The molecule has 3 aliphatic rings. The van der Waals surface area contributed by atoms with Gasteiger partial charge in [-0.25, -0.2) is 13.1 Å². The van der Waals surface area contributed by atoms with Crippen LogP contribution in [0.1, 0.15) is 52.1 Å². The number of sulfonamides is 1. The molecule has 1 fully saturated rings. The number of aromatic amines is 1. The van der Waals surface area contributed by atoms with Crippen LogP contribution >= 0.6 is 0 Å². The predicted molar refractivity (Wildman–Crippen MR) is 140 cm³/mol. The predicted octanol–water partition coefficient (Wildman–Crippen LogP) is 1.64. The molecule has 0 radical (unpaired) electrons. The van der Waals surface area contributed by atoms with E-state index in [1.807, 2.05) is 11.9 Å². The van der Waals surface area contributed by atoms with Crippen molar-refractivity contribution in [2.75, 3.05) is 45.6 Å². The smallest absolute Gasteiger partial charge is 0.256 e. The SMILES string of the molecule is CNS(=O)(=O)c1ccc2c(c1)/C(=C/c1[nH]c3c(c1CCC(=O)N1CCN(C)CC1)C(=O)CCC3)C(=O)N2. The fraction of sp³-hybridized carbons (Fsp3) is 0.423. The zero-order valence-electron chi connectivity index (χ0n) is 21.0. The molecule has 0 spiro atoms. The molecule has 1 aromatic carbocycles. The maximum absolute atomic E-state index is 13.0.